The highest BCUT2D eigenvalue weighted by Gasteiger charge is 2.25. The van der Waals surface area contributed by atoms with Crippen LogP contribution >= 0.6 is 0 Å². The number of nitrogens with zero attached hydrogens (tertiary/aromatic N) is 1. The molecule has 0 bridgehead atoms. The van der Waals surface area contributed by atoms with E-state index in [0.29, 0.717) is 24.2 Å². The van der Waals surface area contributed by atoms with Gasteiger partial charge in [-0.1, -0.05) is 19.8 Å². The van der Waals surface area contributed by atoms with Gasteiger partial charge in [0.15, 0.2) is 0 Å². The van der Waals surface area contributed by atoms with Gasteiger partial charge in [-0.25, -0.2) is 18.1 Å². The smallest absolute Gasteiger partial charge is 0.242 e. The Kier molecular flexibility index (Phi) is 4.99. The van der Waals surface area contributed by atoms with Gasteiger partial charge in [-0.15, -0.1) is 0 Å². The van der Waals surface area contributed by atoms with Crippen LogP contribution in [0.4, 0.5) is 5.82 Å². The van der Waals surface area contributed by atoms with E-state index < -0.39 is 10.0 Å². The van der Waals surface area contributed by atoms with E-state index >= 15 is 0 Å². The molecule has 0 spiro atoms. The fourth-order valence-corrected chi connectivity index (χ4v) is 3.69. The predicted octanol–water partition coefficient (Wildman–Crippen LogP) is 2.23. The highest BCUT2D eigenvalue weighted by Crippen LogP contribution is 2.30. The first-order valence-corrected chi connectivity index (χ1v) is 8.71. The Hall–Kier alpha value is -1.14. The average molecular weight is 297 g/mol. The van der Waals surface area contributed by atoms with Crippen LogP contribution in [0.3, 0.4) is 0 Å². The summed E-state index contributed by atoms with van der Waals surface area (Å²) >= 11 is 0. The van der Waals surface area contributed by atoms with Crippen molar-refractivity contribution in [2.75, 3.05) is 18.4 Å². The topological polar surface area (TPSA) is 71.1 Å². The summed E-state index contributed by atoms with van der Waals surface area (Å²) in [4.78, 5) is 4.33. The van der Waals surface area contributed by atoms with Crippen LogP contribution in [-0.2, 0) is 10.0 Å². The van der Waals surface area contributed by atoms with Gasteiger partial charge in [0.05, 0.1) is 0 Å². The van der Waals surface area contributed by atoms with Crippen molar-refractivity contribution in [3.05, 3.63) is 18.3 Å². The molecule has 112 valence electrons. The van der Waals surface area contributed by atoms with Gasteiger partial charge in [0.25, 0.3) is 0 Å². The second-order valence-corrected chi connectivity index (χ2v) is 7.20. The summed E-state index contributed by atoms with van der Waals surface area (Å²) < 4.78 is 27.1. The van der Waals surface area contributed by atoms with Gasteiger partial charge < -0.3 is 5.32 Å². The molecule has 5 nitrogen and oxygen atoms in total. The van der Waals surface area contributed by atoms with E-state index in [0.717, 1.165) is 13.0 Å². The highest BCUT2D eigenvalue weighted by atomic mass is 32.2. The van der Waals surface area contributed by atoms with Crippen LogP contribution in [0, 0.1) is 11.8 Å². The van der Waals surface area contributed by atoms with Crippen LogP contribution in [0.15, 0.2) is 23.2 Å². The molecular formula is C14H23N3O2S. The number of nitrogens with one attached hydrogen (secondary N) is 2. The van der Waals surface area contributed by atoms with E-state index in [1.54, 1.807) is 12.1 Å². The maximum Gasteiger partial charge on any atom is 0.242 e. The lowest BCUT2D eigenvalue weighted by molar-refractivity contribution is 0.414. The maximum absolute atomic E-state index is 12.2. The van der Waals surface area contributed by atoms with Crippen molar-refractivity contribution in [2.24, 2.45) is 11.8 Å². The molecule has 1 saturated carbocycles. The van der Waals surface area contributed by atoms with E-state index in [2.05, 4.69) is 21.9 Å². The molecule has 1 aromatic heterocycles. The molecule has 2 N–H and O–H groups in total. The molecule has 0 aliphatic heterocycles. The first-order valence-electron chi connectivity index (χ1n) is 7.22. The minimum Gasteiger partial charge on any atom is -0.370 e. The van der Waals surface area contributed by atoms with Gasteiger partial charge in [0, 0.05) is 19.3 Å². The van der Waals surface area contributed by atoms with Gasteiger partial charge in [-0.3, -0.25) is 0 Å². The first-order chi connectivity index (χ1) is 9.53. The van der Waals surface area contributed by atoms with E-state index in [4.69, 9.17) is 0 Å². The van der Waals surface area contributed by atoms with Crippen molar-refractivity contribution in [3.63, 3.8) is 0 Å². The molecule has 0 amide bonds. The van der Waals surface area contributed by atoms with Crippen molar-refractivity contribution in [1.82, 2.24) is 9.71 Å². The summed E-state index contributed by atoms with van der Waals surface area (Å²) in [5.74, 6) is 1.75. The molecule has 0 saturated heterocycles. The van der Waals surface area contributed by atoms with Gasteiger partial charge in [-0.2, -0.15) is 0 Å². The van der Waals surface area contributed by atoms with Crippen molar-refractivity contribution in [1.29, 1.82) is 0 Å². The van der Waals surface area contributed by atoms with Gasteiger partial charge >= 0.3 is 0 Å². The molecule has 2 unspecified atom stereocenters. The van der Waals surface area contributed by atoms with Crippen LogP contribution in [0.1, 0.15) is 33.1 Å². The number of sulfonamides is 1. The highest BCUT2D eigenvalue weighted by molar-refractivity contribution is 7.89. The Balaban J connectivity index is 1.98. The Morgan fingerprint density at radius 3 is 2.70 bits per heavy atom. The van der Waals surface area contributed by atoms with E-state index in [-0.39, 0.29) is 4.90 Å². The van der Waals surface area contributed by atoms with Crippen LogP contribution in [-0.4, -0.2) is 26.5 Å². The second kappa shape index (κ2) is 6.54. The molecule has 2 rings (SSSR count). The van der Waals surface area contributed by atoms with E-state index in [1.807, 2.05) is 6.92 Å². The molecular weight excluding hydrogens is 274 g/mol. The van der Waals surface area contributed by atoms with Crippen molar-refractivity contribution < 1.29 is 8.42 Å². The molecule has 0 aromatic carbocycles. The van der Waals surface area contributed by atoms with Crippen LogP contribution in [0.25, 0.3) is 0 Å². The number of aromatic nitrogens is 1. The van der Waals surface area contributed by atoms with Gasteiger partial charge in [-0.05, 0) is 37.3 Å². The second-order valence-electron chi connectivity index (χ2n) is 5.43. The number of rotatable bonds is 6. The zero-order valence-electron chi connectivity index (χ0n) is 12.1. The monoisotopic (exact) mass is 297 g/mol. The first kappa shape index (κ1) is 15.3. The Morgan fingerprint density at radius 2 is 2.15 bits per heavy atom. The lowest BCUT2D eigenvalue weighted by Crippen LogP contribution is -2.30. The van der Waals surface area contributed by atoms with Crippen LogP contribution in [0.5, 0.6) is 0 Å². The summed E-state index contributed by atoms with van der Waals surface area (Å²) in [5, 5.41) is 3.04. The third-order valence-corrected chi connectivity index (χ3v) is 5.39. The number of hydrogen-bond donors (Lipinski definition) is 2. The van der Waals surface area contributed by atoms with E-state index in [1.165, 1.54) is 19.0 Å². The molecule has 1 aliphatic carbocycles. The molecule has 1 aliphatic rings. The van der Waals surface area contributed by atoms with E-state index in [9.17, 15) is 8.42 Å². The quantitative estimate of drug-likeness (QED) is 0.844. The summed E-state index contributed by atoms with van der Waals surface area (Å²) in [6.45, 7) is 5.45. The van der Waals surface area contributed by atoms with Crippen molar-refractivity contribution in [2.45, 2.75) is 38.0 Å². The normalized spacial score (nSPS) is 22.9. The zero-order chi connectivity index (χ0) is 14.6. The molecule has 1 aromatic rings. The summed E-state index contributed by atoms with van der Waals surface area (Å²) in [6, 6.07) is 3.28. The number of hydrogen-bond acceptors (Lipinski definition) is 4. The number of anilines is 1. The average Bonchev–Trinajstić information content (AvgIpc) is 2.83. The molecule has 1 fully saturated rings. The number of pyridine rings is 1. The molecule has 1 heterocycles. The molecule has 20 heavy (non-hydrogen) atoms. The SMILES string of the molecule is CCNc1ccc(S(=O)(=O)NCC2CCCC2C)cn1. The van der Waals surface area contributed by atoms with Gasteiger partial charge in [0.2, 0.25) is 10.0 Å². The lowest BCUT2D eigenvalue weighted by atomic mass is 9.99. The van der Waals surface area contributed by atoms with Crippen molar-refractivity contribution in [3.8, 4) is 0 Å². The third-order valence-electron chi connectivity index (χ3n) is 3.98. The molecule has 2 atom stereocenters. The zero-order valence-corrected chi connectivity index (χ0v) is 12.9. The minimum atomic E-state index is -3.44. The fraction of sp³-hybridized carbons (Fsp3) is 0.643. The summed E-state index contributed by atoms with van der Waals surface area (Å²) in [7, 11) is -3.44. The molecule has 6 heteroatoms. The molecule has 0 radical (unpaired) electrons. The standard InChI is InChI=1S/C14H23N3O2S/c1-3-15-14-8-7-13(10-16-14)20(18,19)17-9-12-6-4-5-11(12)2/h7-8,10-12,17H,3-6,9H2,1-2H3,(H,15,16). The Morgan fingerprint density at radius 1 is 1.35 bits per heavy atom. The fourth-order valence-electron chi connectivity index (χ4n) is 2.65. The summed E-state index contributed by atoms with van der Waals surface area (Å²) in [6.07, 6.45) is 4.91. The Bertz CT molecular complexity index is 528. The summed E-state index contributed by atoms with van der Waals surface area (Å²) in [5.41, 5.74) is 0. The minimum absolute atomic E-state index is 0.227. The Labute approximate surface area is 121 Å². The maximum atomic E-state index is 12.2. The third kappa shape index (κ3) is 3.70. The predicted molar refractivity (Wildman–Crippen MR) is 80.1 cm³/mol. The van der Waals surface area contributed by atoms with Crippen molar-refractivity contribution >= 4 is 15.8 Å². The van der Waals surface area contributed by atoms with Gasteiger partial charge in [0.1, 0.15) is 10.7 Å². The van der Waals surface area contributed by atoms with Crippen LogP contribution < -0.4 is 10.0 Å². The van der Waals surface area contributed by atoms with Crippen LogP contribution in [0.2, 0.25) is 0 Å². The lowest BCUT2D eigenvalue weighted by Gasteiger charge is -2.16. The largest absolute Gasteiger partial charge is 0.370 e.